The van der Waals surface area contributed by atoms with Gasteiger partial charge in [-0.05, 0) is 24.1 Å². The van der Waals surface area contributed by atoms with Crippen LogP contribution in [0.15, 0.2) is 97.0 Å². The van der Waals surface area contributed by atoms with Gasteiger partial charge in [0.1, 0.15) is 0 Å². The maximum Gasteiger partial charge on any atom is 0.325 e. The number of anilines is 1. The molecular formula is C21H19N3OS. The Morgan fingerprint density at radius 2 is 1.69 bits per heavy atom. The zero-order chi connectivity index (χ0) is 18.0. The van der Waals surface area contributed by atoms with Crippen molar-refractivity contribution in [1.82, 2.24) is 10.3 Å². The Morgan fingerprint density at radius 1 is 0.885 bits per heavy atom. The summed E-state index contributed by atoms with van der Waals surface area (Å²) in [6.45, 7) is 0. The number of amides is 2. The third-order valence-electron chi connectivity index (χ3n) is 3.47. The molecule has 2 aliphatic rings. The first kappa shape index (κ1) is 17.6. The molecule has 0 fully saturated rings. The van der Waals surface area contributed by atoms with Gasteiger partial charge in [-0.1, -0.05) is 84.2 Å². The number of hydrogen-bond donors (Lipinski definition) is 2. The number of aromatic nitrogens is 1. The fourth-order valence-corrected chi connectivity index (χ4v) is 3.07. The number of thiazole rings is 1. The van der Waals surface area contributed by atoms with Crippen molar-refractivity contribution in [2.75, 3.05) is 5.32 Å². The normalized spacial score (nSPS) is 20.5. The topological polar surface area (TPSA) is 54.0 Å². The Labute approximate surface area is 157 Å². The third-order valence-corrected chi connectivity index (χ3v) is 4.43. The minimum atomic E-state index is -0.313. The van der Waals surface area contributed by atoms with Crippen LogP contribution in [0.2, 0.25) is 0 Å². The average molecular weight is 361 g/mol. The maximum atomic E-state index is 12.2. The summed E-state index contributed by atoms with van der Waals surface area (Å²) >= 11 is 1.43. The minimum Gasteiger partial charge on any atom is -0.308 e. The van der Waals surface area contributed by atoms with Crippen LogP contribution < -0.4 is 10.6 Å². The third kappa shape index (κ3) is 5.43. The van der Waals surface area contributed by atoms with Crippen molar-refractivity contribution in [2.45, 2.75) is 6.42 Å². The molecule has 2 aliphatic carbocycles. The lowest BCUT2D eigenvalue weighted by atomic mass is 10.1. The van der Waals surface area contributed by atoms with Gasteiger partial charge in [0, 0.05) is 11.9 Å². The van der Waals surface area contributed by atoms with Crippen LogP contribution in [-0.2, 0) is 0 Å². The van der Waals surface area contributed by atoms with Crippen LogP contribution in [0.25, 0.3) is 5.57 Å². The first-order chi connectivity index (χ1) is 12.8. The van der Waals surface area contributed by atoms with E-state index in [1.807, 2.05) is 85.1 Å². The van der Waals surface area contributed by atoms with E-state index in [-0.39, 0.29) is 6.03 Å². The Kier molecular flexibility index (Phi) is 6.34. The fraction of sp³-hybridized carbons (Fsp3) is 0.0476. The molecule has 2 N–H and O–H groups in total. The highest BCUT2D eigenvalue weighted by molar-refractivity contribution is 7.16. The van der Waals surface area contributed by atoms with Crippen LogP contribution in [0.4, 0.5) is 9.93 Å². The number of urea groups is 1. The molecule has 1 aromatic rings. The zero-order valence-corrected chi connectivity index (χ0v) is 14.9. The van der Waals surface area contributed by atoms with E-state index in [1.165, 1.54) is 11.3 Å². The molecule has 0 aliphatic heterocycles. The van der Waals surface area contributed by atoms with Gasteiger partial charge in [0.2, 0.25) is 0 Å². The summed E-state index contributed by atoms with van der Waals surface area (Å²) < 4.78 is 0. The van der Waals surface area contributed by atoms with E-state index in [1.54, 1.807) is 6.20 Å². The number of allylic oxidation sites excluding steroid dienone is 15. The molecule has 26 heavy (non-hydrogen) atoms. The van der Waals surface area contributed by atoms with E-state index >= 15 is 0 Å². The van der Waals surface area contributed by atoms with E-state index in [0.717, 1.165) is 22.6 Å². The van der Waals surface area contributed by atoms with Crippen molar-refractivity contribution in [3.8, 4) is 0 Å². The summed E-state index contributed by atoms with van der Waals surface area (Å²) in [5, 5.41) is 6.17. The molecule has 130 valence electrons. The van der Waals surface area contributed by atoms with E-state index in [0.29, 0.717) is 5.13 Å². The molecule has 1 heterocycles. The van der Waals surface area contributed by atoms with Gasteiger partial charge in [-0.3, -0.25) is 5.32 Å². The number of rotatable bonds is 3. The largest absolute Gasteiger partial charge is 0.325 e. The highest BCUT2D eigenvalue weighted by Crippen LogP contribution is 2.26. The molecule has 0 aromatic carbocycles. The Morgan fingerprint density at radius 3 is 2.65 bits per heavy atom. The molecule has 0 atom stereocenters. The van der Waals surface area contributed by atoms with Crippen molar-refractivity contribution < 1.29 is 4.79 Å². The first-order valence-electron chi connectivity index (χ1n) is 8.27. The zero-order valence-electron chi connectivity index (χ0n) is 14.1. The molecule has 4 nitrogen and oxygen atoms in total. The molecule has 2 amide bonds. The predicted octanol–water partition coefficient (Wildman–Crippen LogP) is 5.29. The second kappa shape index (κ2) is 9.34. The molecule has 0 unspecified atom stereocenters. The van der Waals surface area contributed by atoms with Crippen LogP contribution in [0.1, 0.15) is 11.3 Å². The van der Waals surface area contributed by atoms with Crippen molar-refractivity contribution in [1.29, 1.82) is 0 Å². The number of nitrogens with zero attached hydrogens (tertiary/aromatic N) is 1. The van der Waals surface area contributed by atoms with E-state index < -0.39 is 0 Å². The van der Waals surface area contributed by atoms with Gasteiger partial charge in [0.05, 0.1) is 4.88 Å². The lowest BCUT2D eigenvalue weighted by Gasteiger charge is -2.05. The molecule has 1 aromatic heterocycles. The molecule has 0 spiro atoms. The Hall–Kier alpha value is -3.18. The van der Waals surface area contributed by atoms with Gasteiger partial charge in [0.15, 0.2) is 5.13 Å². The molecule has 5 heteroatoms. The lowest BCUT2D eigenvalue weighted by Crippen LogP contribution is -2.27. The molecular weight excluding hydrogens is 342 g/mol. The number of carbonyl (C=O) groups excluding carboxylic acids is 1. The summed E-state index contributed by atoms with van der Waals surface area (Å²) in [6.07, 6.45) is 30.1. The number of carbonyl (C=O) groups is 1. The summed E-state index contributed by atoms with van der Waals surface area (Å²) in [6, 6.07) is -0.313. The van der Waals surface area contributed by atoms with Crippen molar-refractivity contribution in [3.63, 3.8) is 0 Å². The van der Waals surface area contributed by atoms with Gasteiger partial charge >= 0.3 is 6.03 Å². The van der Waals surface area contributed by atoms with Crippen LogP contribution >= 0.6 is 11.3 Å². The van der Waals surface area contributed by atoms with Crippen molar-refractivity contribution in [3.05, 3.63) is 102 Å². The van der Waals surface area contributed by atoms with Crippen LogP contribution in [0.5, 0.6) is 0 Å². The van der Waals surface area contributed by atoms with Gasteiger partial charge in [-0.2, -0.15) is 0 Å². The van der Waals surface area contributed by atoms with Gasteiger partial charge in [-0.15, -0.1) is 0 Å². The molecule has 0 bridgehead atoms. The second-order valence-electron chi connectivity index (χ2n) is 5.43. The quantitative estimate of drug-likeness (QED) is 0.769. The number of hydrogen-bond acceptors (Lipinski definition) is 3. The summed E-state index contributed by atoms with van der Waals surface area (Å²) in [4.78, 5) is 17.5. The van der Waals surface area contributed by atoms with E-state index in [4.69, 9.17) is 0 Å². The lowest BCUT2D eigenvalue weighted by molar-refractivity contribution is 0.254. The van der Waals surface area contributed by atoms with Crippen LogP contribution in [0, 0.1) is 0 Å². The molecule has 3 rings (SSSR count). The Balaban J connectivity index is 1.63. The van der Waals surface area contributed by atoms with E-state index in [9.17, 15) is 4.79 Å². The fourth-order valence-electron chi connectivity index (χ4n) is 2.25. The molecule has 0 saturated heterocycles. The highest BCUT2D eigenvalue weighted by atomic mass is 32.1. The summed E-state index contributed by atoms with van der Waals surface area (Å²) in [5.74, 6) is 0. The summed E-state index contributed by atoms with van der Waals surface area (Å²) in [7, 11) is 0. The highest BCUT2D eigenvalue weighted by Gasteiger charge is 2.09. The summed E-state index contributed by atoms with van der Waals surface area (Å²) in [5.41, 5.74) is 1.78. The molecule has 0 radical (unpaired) electrons. The predicted molar refractivity (Wildman–Crippen MR) is 110 cm³/mol. The van der Waals surface area contributed by atoms with Gasteiger partial charge in [0.25, 0.3) is 0 Å². The first-order valence-corrected chi connectivity index (χ1v) is 9.09. The number of nitrogens with one attached hydrogen (secondary N) is 2. The molecule has 0 saturated carbocycles. The van der Waals surface area contributed by atoms with Crippen LogP contribution in [-0.4, -0.2) is 11.0 Å². The second-order valence-corrected chi connectivity index (χ2v) is 6.46. The van der Waals surface area contributed by atoms with Crippen molar-refractivity contribution in [2.24, 2.45) is 0 Å². The van der Waals surface area contributed by atoms with Gasteiger partial charge < -0.3 is 5.32 Å². The monoisotopic (exact) mass is 361 g/mol. The maximum absolute atomic E-state index is 12.2. The van der Waals surface area contributed by atoms with Crippen molar-refractivity contribution >= 4 is 28.1 Å². The average Bonchev–Trinajstić information content (AvgIpc) is 3.08. The Bertz CT molecular complexity index is 892. The smallest absolute Gasteiger partial charge is 0.308 e. The van der Waals surface area contributed by atoms with E-state index in [2.05, 4.69) is 15.6 Å². The minimum absolute atomic E-state index is 0.313. The van der Waals surface area contributed by atoms with Gasteiger partial charge in [-0.25, -0.2) is 9.78 Å². The standard InChI is InChI=1S/C21H19N3OS/c25-20(23-18-14-10-6-1-2-7-11-15-18)24-21-22-16-19(26-21)17-12-8-4-3-5-9-13-17/h1-6,8-16H,7H2,(H2,22,23,24,25)/b2-1-,4-3?,5-3?,8-4?,9-5?,10-6-,12-8?,13-9?,15-11?,17-12?,17-13?,18-14+. The van der Waals surface area contributed by atoms with Crippen LogP contribution in [0.3, 0.4) is 0 Å². The SMILES string of the molecule is O=C(N/C1=C/C=C\C=C/CC=C1)Nc1ncc(C2=CC=CC=CC=C2)s1.